The molecule has 2 heterocycles. The third-order valence-corrected chi connectivity index (χ3v) is 4.72. The molecule has 0 bridgehead atoms. The van der Waals surface area contributed by atoms with Crippen LogP contribution in [0.2, 0.25) is 0 Å². The maximum absolute atomic E-state index is 12.8. The fourth-order valence-corrected chi connectivity index (χ4v) is 3.44. The van der Waals surface area contributed by atoms with Gasteiger partial charge in [-0.15, -0.1) is 0 Å². The third kappa shape index (κ3) is 2.60. The zero-order valence-corrected chi connectivity index (χ0v) is 13.2. The maximum Gasteiger partial charge on any atom is 0.252 e. The minimum atomic E-state index is -0.333. The Morgan fingerprint density at radius 2 is 1.95 bits per heavy atom. The Balaban J connectivity index is 1.92. The number of aromatic nitrogens is 2. The molecule has 4 nitrogen and oxygen atoms in total. The lowest BCUT2D eigenvalue weighted by Gasteiger charge is -2.10. The van der Waals surface area contributed by atoms with Gasteiger partial charge in [-0.2, -0.15) is 4.73 Å². The van der Waals surface area contributed by atoms with Crippen molar-refractivity contribution in [3.05, 3.63) is 65.1 Å². The van der Waals surface area contributed by atoms with Crippen LogP contribution in [-0.4, -0.2) is 16.0 Å². The standard InChI is InChI=1S/C17H16N2O2S/c1-11-16(13-7-3-4-8-14(13)18-11)17(20)12(2)22-15-9-5-6-10-19(15)21/h3-10,12,18H,1-2H3. The molecule has 0 aliphatic carbocycles. The number of aromatic amines is 1. The highest BCUT2D eigenvalue weighted by atomic mass is 32.2. The van der Waals surface area contributed by atoms with Gasteiger partial charge in [0.1, 0.15) is 0 Å². The lowest BCUT2D eigenvalue weighted by atomic mass is 10.1. The summed E-state index contributed by atoms with van der Waals surface area (Å²) in [5, 5.41) is 12.8. The summed E-state index contributed by atoms with van der Waals surface area (Å²) in [6.45, 7) is 3.74. The van der Waals surface area contributed by atoms with Gasteiger partial charge in [0, 0.05) is 34.3 Å². The highest BCUT2D eigenvalue weighted by Gasteiger charge is 2.24. The Labute approximate surface area is 132 Å². The summed E-state index contributed by atoms with van der Waals surface area (Å²) in [4.78, 5) is 16.0. The Morgan fingerprint density at radius 1 is 1.23 bits per heavy atom. The molecule has 1 N–H and O–H groups in total. The number of H-pyrrole nitrogens is 1. The molecule has 112 valence electrons. The molecule has 0 spiro atoms. The van der Waals surface area contributed by atoms with Gasteiger partial charge in [0.2, 0.25) is 0 Å². The number of hydrogen-bond acceptors (Lipinski definition) is 3. The zero-order valence-electron chi connectivity index (χ0n) is 12.4. The van der Waals surface area contributed by atoms with E-state index in [2.05, 4.69) is 4.98 Å². The van der Waals surface area contributed by atoms with E-state index < -0.39 is 0 Å². The fraction of sp³-hybridized carbons (Fsp3) is 0.176. The monoisotopic (exact) mass is 312 g/mol. The summed E-state index contributed by atoms with van der Waals surface area (Å²) < 4.78 is 0.788. The van der Waals surface area contributed by atoms with Crippen molar-refractivity contribution in [1.82, 2.24) is 4.98 Å². The molecule has 2 aromatic heterocycles. The second-order valence-corrected chi connectivity index (χ2v) is 6.52. The number of benzene rings is 1. The number of fused-ring (bicyclic) bond motifs is 1. The quantitative estimate of drug-likeness (QED) is 0.347. The van der Waals surface area contributed by atoms with Crippen molar-refractivity contribution in [2.45, 2.75) is 24.1 Å². The van der Waals surface area contributed by atoms with E-state index >= 15 is 0 Å². The van der Waals surface area contributed by atoms with E-state index in [0.29, 0.717) is 10.6 Å². The first-order valence-corrected chi connectivity index (χ1v) is 7.92. The van der Waals surface area contributed by atoms with Crippen LogP contribution < -0.4 is 4.73 Å². The predicted molar refractivity (Wildman–Crippen MR) is 88.1 cm³/mol. The molecule has 0 saturated heterocycles. The number of para-hydroxylation sites is 1. The maximum atomic E-state index is 12.8. The molecular weight excluding hydrogens is 296 g/mol. The van der Waals surface area contributed by atoms with Crippen LogP contribution in [0.4, 0.5) is 0 Å². The first kappa shape index (κ1) is 14.7. The molecule has 3 rings (SSSR count). The summed E-state index contributed by atoms with van der Waals surface area (Å²) in [6.07, 6.45) is 1.44. The van der Waals surface area contributed by atoms with Crippen molar-refractivity contribution in [3.8, 4) is 0 Å². The number of aryl methyl sites for hydroxylation is 1. The average Bonchev–Trinajstić information content (AvgIpc) is 2.84. The highest BCUT2D eigenvalue weighted by molar-refractivity contribution is 8.00. The second kappa shape index (κ2) is 5.85. The number of hydrogen-bond donors (Lipinski definition) is 1. The Morgan fingerprint density at radius 3 is 2.73 bits per heavy atom. The largest absolute Gasteiger partial charge is 0.618 e. The Kier molecular flexibility index (Phi) is 3.90. The van der Waals surface area contributed by atoms with E-state index in [4.69, 9.17) is 0 Å². The van der Waals surface area contributed by atoms with Gasteiger partial charge in [0.15, 0.2) is 12.0 Å². The smallest absolute Gasteiger partial charge is 0.252 e. The summed E-state index contributed by atoms with van der Waals surface area (Å²) in [5.74, 6) is 0.0313. The van der Waals surface area contributed by atoms with E-state index in [1.165, 1.54) is 18.0 Å². The SMILES string of the molecule is Cc1[nH]c2ccccc2c1C(=O)C(C)Sc1cccc[n+]1[O-]. The summed E-state index contributed by atoms with van der Waals surface area (Å²) in [7, 11) is 0. The van der Waals surface area contributed by atoms with E-state index in [0.717, 1.165) is 21.3 Å². The molecular formula is C17H16N2O2S. The van der Waals surface area contributed by atoms with Crippen LogP contribution in [0.5, 0.6) is 0 Å². The molecule has 1 unspecified atom stereocenters. The van der Waals surface area contributed by atoms with Crippen LogP contribution in [0.3, 0.4) is 0 Å². The lowest BCUT2D eigenvalue weighted by Crippen LogP contribution is -2.29. The average molecular weight is 312 g/mol. The van der Waals surface area contributed by atoms with E-state index in [9.17, 15) is 10.0 Å². The van der Waals surface area contributed by atoms with Crippen LogP contribution in [0.15, 0.2) is 53.7 Å². The van der Waals surface area contributed by atoms with Gasteiger partial charge in [0.05, 0.1) is 5.25 Å². The van der Waals surface area contributed by atoms with Gasteiger partial charge in [-0.05, 0) is 37.7 Å². The fourth-order valence-electron chi connectivity index (χ4n) is 2.54. The summed E-state index contributed by atoms with van der Waals surface area (Å²) in [6, 6.07) is 13.0. The van der Waals surface area contributed by atoms with Crippen molar-refractivity contribution >= 4 is 28.4 Å². The molecule has 0 radical (unpaired) electrons. The van der Waals surface area contributed by atoms with Crippen molar-refractivity contribution in [3.63, 3.8) is 0 Å². The Bertz CT molecular complexity index is 842. The van der Waals surface area contributed by atoms with Crippen LogP contribution in [0.25, 0.3) is 10.9 Å². The molecule has 0 amide bonds. The van der Waals surface area contributed by atoms with Crippen LogP contribution in [-0.2, 0) is 0 Å². The molecule has 5 heteroatoms. The Hall–Kier alpha value is -2.27. The van der Waals surface area contributed by atoms with Gasteiger partial charge in [-0.1, -0.05) is 18.2 Å². The molecule has 1 atom stereocenters. The number of pyridine rings is 1. The first-order valence-electron chi connectivity index (χ1n) is 7.04. The van der Waals surface area contributed by atoms with Gasteiger partial charge >= 0.3 is 0 Å². The van der Waals surface area contributed by atoms with Gasteiger partial charge in [-0.25, -0.2) is 0 Å². The zero-order chi connectivity index (χ0) is 15.7. The molecule has 0 fully saturated rings. The number of ketones is 1. The van der Waals surface area contributed by atoms with E-state index in [-0.39, 0.29) is 11.0 Å². The summed E-state index contributed by atoms with van der Waals surface area (Å²) in [5.41, 5.74) is 2.53. The minimum absolute atomic E-state index is 0.0313. The van der Waals surface area contributed by atoms with Gasteiger partial charge in [0.25, 0.3) is 5.03 Å². The van der Waals surface area contributed by atoms with Crippen LogP contribution >= 0.6 is 11.8 Å². The van der Waals surface area contributed by atoms with Crippen molar-refractivity contribution in [2.75, 3.05) is 0 Å². The highest BCUT2D eigenvalue weighted by Crippen LogP contribution is 2.28. The number of carbonyl (C=O) groups excluding carboxylic acids is 1. The van der Waals surface area contributed by atoms with Crippen LogP contribution in [0.1, 0.15) is 23.0 Å². The molecule has 0 aliphatic heterocycles. The predicted octanol–water partition coefficient (Wildman–Crippen LogP) is 3.47. The van der Waals surface area contributed by atoms with Gasteiger partial charge in [-0.3, -0.25) is 4.79 Å². The number of rotatable bonds is 4. The van der Waals surface area contributed by atoms with Crippen LogP contribution in [0, 0.1) is 12.1 Å². The summed E-state index contributed by atoms with van der Waals surface area (Å²) >= 11 is 1.28. The van der Waals surface area contributed by atoms with Crippen molar-refractivity contribution < 1.29 is 9.52 Å². The molecule has 22 heavy (non-hydrogen) atoms. The number of carbonyl (C=O) groups is 1. The topological polar surface area (TPSA) is 59.8 Å². The normalized spacial score (nSPS) is 12.5. The van der Waals surface area contributed by atoms with E-state index in [1.807, 2.05) is 38.1 Å². The number of thioether (sulfide) groups is 1. The van der Waals surface area contributed by atoms with E-state index in [1.54, 1.807) is 18.2 Å². The van der Waals surface area contributed by atoms with Crippen molar-refractivity contribution in [1.29, 1.82) is 0 Å². The minimum Gasteiger partial charge on any atom is -0.618 e. The second-order valence-electron chi connectivity index (χ2n) is 5.16. The molecule has 1 aromatic carbocycles. The molecule has 3 aromatic rings. The lowest BCUT2D eigenvalue weighted by molar-refractivity contribution is -0.645. The number of nitrogens with one attached hydrogen (secondary N) is 1. The first-order chi connectivity index (χ1) is 10.6. The van der Waals surface area contributed by atoms with Crippen molar-refractivity contribution in [2.24, 2.45) is 0 Å². The number of Topliss-reactive ketones (excluding diaryl/α,β-unsaturated/α-hetero) is 1. The number of nitrogens with zero attached hydrogens (tertiary/aromatic N) is 1. The molecule has 0 saturated carbocycles. The third-order valence-electron chi connectivity index (χ3n) is 3.60. The molecule has 0 aliphatic rings. The van der Waals surface area contributed by atoms with Gasteiger partial charge < -0.3 is 10.2 Å².